The minimum Gasteiger partial charge on any atom is -0.381 e. The number of fused-ring (bicyclic) bond motifs is 1. The van der Waals surface area contributed by atoms with Gasteiger partial charge in [0.25, 0.3) is 0 Å². The maximum atomic E-state index is 12.6. The van der Waals surface area contributed by atoms with Crippen LogP contribution in [0.3, 0.4) is 0 Å². The number of anilines is 2. The zero-order chi connectivity index (χ0) is 21.8. The molecule has 0 spiro atoms. The third-order valence-electron chi connectivity index (χ3n) is 6.57. The summed E-state index contributed by atoms with van der Waals surface area (Å²) in [4.78, 5) is 26.1. The molecular weight excluding hydrogens is 400 g/mol. The van der Waals surface area contributed by atoms with Crippen LogP contribution in [0.2, 0.25) is 0 Å². The highest BCUT2D eigenvalue weighted by atomic mass is 16.1. The number of pyridine rings is 3. The minimum atomic E-state index is 0.0896. The molecular formula is C25H30N6O. The van der Waals surface area contributed by atoms with E-state index in [2.05, 4.69) is 37.0 Å². The highest BCUT2D eigenvalue weighted by Crippen LogP contribution is 2.27. The van der Waals surface area contributed by atoms with Crippen LogP contribution in [0.5, 0.6) is 0 Å². The lowest BCUT2D eigenvalue weighted by Gasteiger charge is -2.24. The second-order valence-corrected chi connectivity index (χ2v) is 8.94. The zero-order valence-electron chi connectivity index (χ0n) is 18.3. The Kier molecular flexibility index (Phi) is 6.25. The van der Waals surface area contributed by atoms with E-state index >= 15 is 0 Å². The topological polar surface area (TPSA) is 91.8 Å². The van der Waals surface area contributed by atoms with Gasteiger partial charge in [-0.3, -0.25) is 14.8 Å². The number of carbonyl (C=O) groups is 1. The minimum absolute atomic E-state index is 0.0896. The molecule has 1 saturated heterocycles. The molecule has 0 atom stereocenters. The van der Waals surface area contributed by atoms with Crippen molar-refractivity contribution in [1.82, 2.24) is 20.3 Å². The van der Waals surface area contributed by atoms with E-state index in [0.29, 0.717) is 11.9 Å². The predicted octanol–water partition coefficient (Wildman–Crippen LogP) is 4.37. The van der Waals surface area contributed by atoms with Gasteiger partial charge in [0.15, 0.2) is 0 Å². The molecule has 0 aromatic carbocycles. The Labute approximate surface area is 188 Å². The van der Waals surface area contributed by atoms with Crippen LogP contribution in [0.15, 0.2) is 43.0 Å². The van der Waals surface area contributed by atoms with E-state index < -0.39 is 0 Å². The number of hydrogen-bond acceptors (Lipinski definition) is 6. The summed E-state index contributed by atoms with van der Waals surface area (Å²) in [6.45, 7) is 2.09. The van der Waals surface area contributed by atoms with Gasteiger partial charge >= 0.3 is 0 Å². The molecule has 32 heavy (non-hydrogen) atoms. The zero-order valence-corrected chi connectivity index (χ0v) is 18.3. The van der Waals surface area contributed by atoms with Gasteiger partial charge in [-0.15, -0.1) is 0 Å². The van der Waals surface area contributed by atoms with E-state index in [-0.39, 0.29) is 11.8 Å². The van der Waals surface area contributed by atoms with Crippen LogP contribution in [0, 0.1) is 5.92 Å². The molecule has 0 radical (unpaired) electrons. The van der Waals surface area contributed by atoms with E-state index in [1.54, 1.807) is 6.20 Å². The second-order valence-electron chi connectivity index (χ2n) is 8.94. The average molecular weight is 431 g/mol. The van der Waals surface area contributed by atoms with E-state index in [0.717, 1.165) is 79.3 Å². The predicted molar refractivity (Wildman–Crippen MR) is 127 cm³/mol. The summed E-state index contributed by atoms with van der Waals surface area (Å²) in [5.41, 5.74) is 2.84. The van der Waals surface area contributed by atoms with Crippen molar-refractivity contribution >= 4 is 28.2 Å². The van der Waals surface area contributed by atoms with Crippen LogP contribution in [0.1, 0.15) is 44.9 Å². The summed E-state index contributed by atoms with van der Waals surface area (Å²) in [6.07, 6.45) is 15.0. The standard InChI is InChI=1S/C25H30N6O/c32-25(17-4-2-1-3-5-17)31-24-12-18-11-23(28-14-20(18)15-29-24)19-10-22(16-27-13-19)30-21-6-8-26-9-7-21/h10-17,21,26,30H,1-9H2,(H,29,31,32). The van der Waals surface area contributed by atoms with Gasteiger partial charge in [0.2, 0.25) is 5.91 Å². The maximum Gasteiger partial charge on any atom is 0.228 e. The molecule has 5 rings (SSSR count). The Bertz CT molecular complexity index is 1090. The highest BCUT2D eigenvalue weighted by molar-refractivity contribution is 5.94. The number of aromatic nitrogens is 3. The van der Waals surface area contributed by atoms with Crippen LogP contribution in [-0.4, -0.2) is 40.0 Å². The van der Waals surface area contributed by atoms with Gasteiger partial charge < -0.3 is 16.0 Å². The monoisotopic (exact) mass is 430 g/mol. The molecule has 0 bridgehead atoms. The maximum absolute atomic E-state index is 12.6. The summed E-state index contributed by atoms with van der Waals surface area (Å²) in [5.74, 6) is 0.798. The Morgan fingerprint density at radius 3 is 2.53 bits per heavy atom. The Balaban J connectivity index is 1.34. The smallest absolute Gasteiger partial charge is 0.228 e. The molecule has 1 aliphatic carbocycles. The largest absolute Gasteiger partial charge is 0.381 e. The SMILES string of the molecule is O=C(Nc1cc2cc(-c3cncc(NC4CCNCC4)c3)ncc2cn1)C1CCCCC1. The van der Waals surface area contributed by atoms with Crippen LogP contribution >= 0.6 is 0 Å². The van der Waals surface area contributed by atoms with Crippen molar-refractivity contribution in [3.8, 4) is 11.3 Å². The van der Waals surface area contributed by atoms with Crippen molar-refractivity contribution in [1.29, 1.82) is 0 Å². The molecule has 4 heterocycles. The Morgan fingerprint density at radius 2 is 1.69 bits per heavy atom. The fourth-order valence-electron chi connectivity index (χ4n) is 4.72. The first kappa shape index (κ1) is 20.8. The van der Waals surface area contributed by atoms with Gasteiger partial charge in [0, 0.05) is 47.7 Å². The van der Waals surface area contributed by atoms with Crippen LogP contribution in [0.4, 0.5) is 11.5 Å². The van der Waals surface area contributed by atoms with E-state index in [1.165, 1.54) is 6.42 Å². The molecule has 1 aliphatic heterocycles. The molecule has 2 aliphatic rings. The fraction of sp³-hybridized carbons (Fsp3) is 0.440. The Hall–Kier alpha value is -3.06. The molecule has 0 unspecified atom stereocenters. The lowest BCUT2D eigenvalue weighted by molar-refractivity contribution is -0.120. The summed E-state index contributed by atoms with van der Waals surface area (Å²) in [6, 6.07) is 6.56. The average Bonchev–Trinajstić information content (AvgIpc) is 2.85. The van der Waals surface area contributed by atoms with Crippen molar-refractivity contribution in [2.75, 3.05) is 23.7 Å². The number of rotatable bonds is 5. The van der Waals surface area contributed by atoms with Gasteiger partial charge in [-0.05, 0) is 62.4 Å². The number of carbonyl (C=O) groups excluding carboxylic acids is 1. The quantitative estimate of drug-likeness (QED) is 0.557. The van der Waals surface area contributed by atoms with Crippen molar-refractivity contribution in [2.45, 2.75) is 51.0 Å². The molecule has 3 aromatic rings. The third-order valence-corrected chi connectivity index (χ3v) is 6.57. The number of nitrogens with one attached hydrogen (secondary N) is 3. The number of amides is 1. The molecule has 2 fully saturated rings. The van der Waals surface area contributed by atoms with Gasteiger partial charge in [-0.25, -0.2) is 4.98 Å². The number of nitrogens with zero attached hydrogens (tertiary/aromatic N) is 3. The lowest BCUT2D eigenvalue weighted by Crippen LogP contribution is -2.35. The van der Waals surface area contributed by atoms with Gasteiger partial charge in [-0.2, -0.15) is 0 Å². The summed E-state index contributed by atoms with van der Waals surface area (Å²) in [7, 11) is 0. The lowest BCUT2D eigenvalue weighted by atomic mass is 9.89. The summed E-state index contributed by atoms with van der Waals surface area (Å²) in [5, 5.41) is 12.0. The molecule has 1 saturated carbocycles. The number of piperidine rings is 1. The van der Waals surface area contributed by atoms with Gasteiger partial charge in [-0.1, -0.05) is 19.3 Å². The molecule has 3 aromatic heterocycles. The van der Waals surface area contributed by atoms with Crippen molar-refractivity contribution in [2.24, 2.45) is 5.92 Å². The van der Waals surface area contributed by atoms with Crippen molar-refractivity contribution in [3.05, 3.63) is 43.0 Å². The fourth-order valence-corrected chi connectivity index (χ4v) is 4.72. The highest BCUT2D eigenvalue weighted by Gasteiger charge is 2.21. The first-order valence-corrected chi connectivity index (χ1v) is 11.7. The molecule has 7 heteroatoms. The van der Waals surface area contributed by atoms with Gasteiger partial charge in [0.1, 0.15) is 5.82 Å². The normalized spacial score (nSPS) is 17.9. The van der Waals surface area contributed by atoms with Crippen LogP contribution in [-0.2, 0) is 4.79 Å². The first-order valence-electron chi connectivity index (χ1n) is 11.7. The third kappa shape index (κ3) is 4.88. The number of hydrogen-bond donors (Lipinski definition) is 3. The summed E-state index contributed by atoms with van der Waals surface area (Å²) >= 11 is 0. The molecule has 1 amide bonds. The van der Waals surface area contributed by atoms with E-state index in [4.69, 9.17) is 0 Å². The second kappa shape index (κ2) is 9.61. The van der Waals surface area contributed by atoms with Gasteiger partial charge in [0.05, 0.1) is 11.4 Å². The van der Waals surface area contributed by atoms with E-state index in [9.17, 15) is 4.79 Å². The first-order chi connectivity index (χ1) is 15.7. The van der Waals surface area contributed by atoms with Crippen molar-refractivity contribution in [3.63, 3.8) is 0 Å². The van der Waals surface area contributed by atoms with E-state index in [1.807, 2.05) is 30.7 Å². The summed E-state index contributed by atoms with van der Waals surface area (Å²) < 4.78 is 0. The molecule has 7 nitrogen and oxygen atoms in total. The molecule has 166 valence electrons. The Morgan fingerprint density at radius 1 is 0.875 bits per heavy atom. The van der Waals surface area contributed by atoms with Crippen LogP contribution < -0.4 is 16.0 Å². The van der Waals surface area contributed by atoms with Crippen LogP contribution in [0.25, 0.3) is 22.0 Å². The molecule has 3 N–H and O–H groups in total. The van der Waals surface area contributed by atoms with Crippen molar-refractivity contribution < 1.29 is 4.79 Å².